The van der Waals surface area contributed by atoms with Gasteiger partial charge in [-0.05, 0) is 24.5 Å². The largest absolute Gasteiger partial charge is 0.486 e. The summed E-state index contributed by atoms with van der Waals surface area (Å²) in [6, 6.07) is 5.24. The van der Waals surface area contributed by atoms with Crippen LogP contribution >= 0.6 is 11.8 Å². The molecule has 1 aromatic heterocycles. The van der Waals surface area contributed by atoms with E-state index in [2.05, 4.69) is 29.5 Å². The number of rotatable bonds is 10. The number of ether oxygens (including phenoxy) is 2. The first-order chi connectivity index (χ1) is 15.0. The first kappa shape index (κ1) is 23.0. The second-order valence-electron chi connectivity index (χ2n) is 7.50. The fraction of sp³-hybridized carbons (Fsp3) is 0.476. The fourth-order valence-corrected chi connectivity index (χ4v) is 3.75. The highest BCUT2D eigenvalue weighted by molar-refractivity contribution is 7.99. The van der Waals surface area contributed by atoms with E-state index in [1.54, 1.807) is 22.8 Å². The molecule has 168 valence electrons. The Bertz CT molecular complexity index is 915. The molecule has 1 aromatic carbocycles. The van der Waals surface area contributed by atoms with Gasteiger partial charge < -0.3 is 29.8 Å². The average molecular weight is 449 g/mol. The highest BCUT2D eigenvalue weighted by Gasteiger charge is 2.16. The summed E-state index contributed by atoms with van der Waals surface area (Å²) >= 11 is 1.20. The number of carbonyl (C=O) groups excluding carboxylic acids is 2. The van der Waals surface area contributed by atoms with Crippen LogP contribution in [0.2, 0.25) is 0 Å². The first-order valence-corrected chi connectivity index (χ1v) is 11.2. The third-order valence-corrected chi connectivity index (χ3v) is 5.56. The molecule has 0 radical (unpaired) electrons. The molecule has 2 aromatic rings. The van der Waals surface area contributed by atoms with E-state index in [0.717, 1.165) is 6.42 Å². The van der Waals surface area contributed by atoms with Gasteiger partial charge in [0.2, 0.25) is 11.8 Å². The van der Waals surface area contributed by atoms with Gasteiger partial charge in [0, 0.05) is 18.3 Å². The zero-order valence-electron chi connectivity index (χ0n) is 17.7. The molecule has 3 N–H and O–H groups in total. The number of carbonyl (C=O) groups is 2. The molecular formula is C21H28N4O5S. The summed E-state index contributed by atoms with van der Waals surface area (Å²) in [5.74, 6) is 1.48. The van der Waals surface area contributed by atoms with Crippen LogP contribution < -0.4 is 20.1 Å². The van der Waals surface area contributed by atoms with Crippen molar-refractivity contribution in [1.29, 1.82) is 0 Å². The molecule has 1 aliphatic heterocycles. The van der Waals surface area contributed by atoms with Crippen molar-refractivity contribution >= 4 is 29.3 Å². The summed E-state index contributed by atoms with van der Waals surface area (Å²) in [4.78, 5) is 28.9. The number of nitrogens with one attached hydrogen (secondary N) is 2. The van der Waals surface area contributed by atoms with Crippen molar-refractivity contribution in [3.8, 4) is 11.5 Å². The van der Waals surface area contributed by atoms with Crippen LogP contribution in [0.3, 0.4) is 0 Å². The summed E-state index contributed by atoms with van der Waals surface area (Å²) in [5, 5.41) is 15.8. The van der Waals surface area contributed by atoms with Gasteiger partial charge in [-0.3, -0.25) is 9.59 Å². The summed E-state index contributed by atoms with van der Waals surface area (Å²) in [7, 11) is 0. The Kier molecular flexibility index (Phi) is 8.19. The number of aromatic nitrogens is 2. The number of benzene rings is 1. The maximum absolute atomic E-state index is 12.4. The predicted molar refractivity (Wildman–Crippen MR) is 117 cm³/mol. The number of hydrogen-bond donors (Lipinski definition) is 3. The lowest BCUT2D eigenvalue weighted by atomic mass is 10.1. The zero-order valence-corrected chi connectivity index (χ0v) is 18.5. The van der Waals surface area contributed by atoms with Crippen LogP contribution in [0, 0.1) is 5.92 Å². The van der Waals surface area contributed by atoms with Crippen LogP contribution in [0.4, 0.5) is 5.69 Å². The van der Waals surface area contributed by atoms with Crippen molar-refractivity contribution in [3.63, 3.8) is 0 Å². The highest BCUT2D eigenvalue weighted by Crippen LogP contribution is 2.32. The van der Waals surface area contributed by atoms with E-state index in [1.807, 2.05) is 0 Å². The molecule has 0 bridgehead atoms. The number of anilines is 1. The molecule has 0 saturated heterocycles. The molecule has 0 unspecified atom stereocenters. The Morgan fingerprint density at radius 2 is 2.00 bits per heavy atom. The van der Waals surface area contributed by atoms with Crippen LogP contribution in [0.25, 0.3) is 0 Å². The van der Waals surface area contributed by atoms with Crippen molar-refractivity contribution in [2.24, 2.45) is 5.92 Å². The molecule has 10 heteroatoms. The molecule has 2 heterocycles. The van der Waals surface area contributed by atoms with Gasteiger partial charge in [-0.2, -0.15) is 0 Å². The molecule has 0 aliphatic carbocycles. The minimum Gasteiger partial charge on any atom is -0.486 e. The Labute approximate surface area is 185 Å². The number of hydrogen-bond acceptors (Lipinski definition) is 7. The summed E-state index contributed by atoms with van der Waals surface area (Å²) < 4.78 is 12.6. The van der Waals surface area contributed by atoms with Crippen LogP contribution in [-0.2, 0) is 22.7 Å². The summed E-state index contributed by atoms with van der Waals surface area (Å²) in [6.07, 6.45) is 2.41. The van der Waals surface area contributed by atoms with E-state index in [1.165, 1.54) is 18.0 Å². The van der Waals surface area contributed by atoms with E-state index >= 15 is 0 Å². The summed E-state index contributed by atoms with van der Waals surface area (Å²) in [6.45, 7) is 5.57. The SMILES string of the molecule is CC(C)CCNC(=O)Cn1c(CO)cnc1SCC(=O)Nc1ccc2c(c1)OCCO2. The molecule has 1 aliphatic rings. The van der Waals surface area contributed by atoms with E-state index in [9.17, 15) is 14.7 Å². The molecule has 0 spiro atoms. The minimum atomic E-state index is -0.240. The predicted octanol–water partition coefficient (Wildman–Crippen LogP) is 2.04. The molecule has 0 saturated carbocycles. The number of amides is 2. The number of aliphatic hydroxyl groups excluding tert-OH is 1. The number of aliphatic hydroxyl groups is 1. The Balaban J connectivity index is 1.55. The minimum absolute atomic E-state index is 0.0418. The van der Waals surface area contributed by atoms with E-state index in [4.69, 9.17) is 9.47 Å². The molecule has 9 nitrogen and oxygen atoms in total. The first-order valence-electron chi connectivity index (χ1n) is 10.2. The van der Waals surface area contributed by atoms with Crippen molar-refractivity contribution < 1.29 is 24.2 Å². The van der Waals surface area contributed by atoms with Gasteiger partial charge in [0.05, 0.1) is 24.3 Å². The van der Waals surface area contributed by atoms with Gasteiger partial charge in [-0.25, -0.2) is 4.98 Å². The number of imidazole rings is 1. The number of thioether (sulfide) groups is 1. The van der Waals surface area contributed by atoms with Gasteiger partial charge in [-0.15, -0.1) is 0 Å². The lowest BCUT2D eigenvalue weighted by Crippen LogP contribution is -2.30. The average Bonchev–Trinajstić information content (AvgIpc) is 3.13. The van der Waals surface area contributed by atoms with Gasteiger partial charge >= 0.3 is 0 Å². The normalized spacial score (nSPS) is 12.6. The zero-order chi connectivity index (χ0) is 22.2. The smallest absolute Gasteiger partial charge is 0.240 e. The fourth-order valence-electron chi connectivity index (χ4n) is 2.95. The number of fused-ring (bicyclic) bond motifs is 1. The van der Waals surface area contributed by atoms with E-state index in [-0.39, 0.29) is 30.7 Å². The second-order valence-corrected chi connectivity index (χ2v) is 8.45. The maximum atomic E-state index is 12.4. The topological polar surface area (TPSA) is 115 Å². The monoisotopic (exact) mass is 448 g/mol. The van der Waals surface area contributed by atoms with Gasteiger partial charge in [0.15, 0.2) is 16.7 Å². The van der Waals surface area contributed by atoms with Crippen LogP contribution in [0.1, 0.15) is 26.0 Å². The maximum Gasteiger partial charge on any atom is 0.240 e. The van der Waals surface area contributed by atoms with Gasteiger partial charge in [-0.1, -0.05) is 25.6 Å². The quantitative estimate of drug-likeness (QED) is 0.477. The molecule has 0 fully saturated rings. The Morgan fingerprint density at radius 3 is 2.74 bits per heavy atom. The molecular weight excluding hydrogens is 420 g/mol. The third kappa shape index (κ3) is 6.63. The van der Waals surface area contributed by atoms with Crippen molar-refractivity contribution in [3.05, 3.63) is 30.1 Å². The van der Waals surface area contributed by atoms with Crippen molar-refractivity contribution in [2.75, 3.05) is 30.8 Å². The number of nitrogens with zero attached hydrogens (tertiary/aromatic N) is 2. The molecule has 0 atom stereocenters. The second kappa shape index (κ2) is 11.1. The Hall–Kier alpha value is -2.72. The Morgan fingerprint density at radius 1 is 1.23 bits per heavy atom. The lowest BCUT2D eigenvalue weighted by molar-refractivity contribution is -0.121. The lowest BCUT2D eigenvalue weighted by Gasteiger charge is -2.19. The summed E-state index contributed by atoms with van der Waals surface area (Å²) in [5.41, 5.74) is 1.13. The van der Waals surface area contributed by atoms with Gasteiger partial charge in [0.25, 0.3) is 0 Å². The highest BCUT2D eigenvalue weighted by atomic mass is 32.2. The van der Waals surface area contributed by atoms with Crippen molar-refractivity contribution in [2.45, 2.75) is 38.6 Å². The van der Waals surface area contributed by atoms with Gasteiger partial charge in [0.1, 0.15) is 19.8 Å². The standard InChI is InChI=1S/C21H28N4O5S/c1-14(2)5-6-22-19(27)11-25-16(12-26)10-23-21(25)31-13-20(28)24-15-3-4-17-18(9-15)30-8-7-29-17/h3-4,9-10,14,26H,5-8,11-13H2,1-2H3,(H,22,27)(H,24,28). The molecule has 2 amide bonds. The van der Waals surface area contributed by atoms with Crippen LogP contribution in [-0.4, -0.2) is 52.0 Å². The van der Waals surface area contributed by atoms with Crippen molar-refractivity contribution in [1.82, 2.24) is 14.9 Å². The van der Waals surface area contributed by atoms with Crippen LogP contribution in [0.15, 0.2) is 29.6 Å². The molecule has 3 rings (SSSR count). The third-order valence-electron chi connectivity index (χ3n) is 4.57. The molecule has 31 heavy (non-hydrogen) atoms. The van der Waals surface area contributed by atoms with Crippen LogP contribution in [0.5, 0.6) is 11.5 Å². The van der Waals surface area contributed by atoms with E-state index < -0.39 is 0 Å². The van der Waals surface area contributed by atoms with E-state index in [0.29, 0.717) is 53.7 Å².